The monoisotopic (exact) mass is 535 g/mol. The number of aromatic nitrogens is 2. The highest BCUT2D eigenvalue weighted by molar-refractivity contribution is 14.1. The number of rotatable bonds is 7. The number of nitrogens with zero attached hydrogens (tertiary/aromatic N) is 3. The quantitative estimate of drug-likeness (QED) is 0.312. The maximum Gasteiger partial charge on any atom is 0.434 e. The molecule has 0 aromatic carbocycles. The van der Waals surface area contributed by atoms with Gasteiger partial charge in [-0.25, -0.2) is 4.98 Å². The number of pyridine rings is 1. The van der Waals surface area contributed by atoms with Crippen LogP contribution in [0.3, 0.4) is 0 Å². The highest BCUT2D eigenvalue weighted by Crippen LogP contribution is 2.30. The van der Waals surface area contributed by atoms with Gasteiger partial charge in [-0.15, -0.1) is 0 Å². The van der Waals surface area contributed by atoms with Crippen molar-refractivity contribution in [3.05, 3.63) is 30.1 Å². The second-order valence-electron chi connectivity index (χ2n) is 7.42. The molecule has 0 spiro atoms. The number of alkyl halides is 4. The van der Waals surface area contributed by atoms with E-state index in [2.05, 4.69) is 43.2 Å². The first-order chi connectivity index (χ1) is 14.3. The fraction of sp³-hybridized carbons (Fsp3) is 0.550. The summed E-state index contributed by atoms with van der Waals surface area (Å²) in [5.74, 6) is 0.553. The zero-order valence-corrected chi connectivity index (χ0v) is 18.8. The van der Waals surface area contributed by atoms with Gasteiger partial charge in [-0.05, 0) is 44.2 Å². The summed E-state index contributed by atoms with van der Waals surface area (Å²) in [6, 6.07) is 5.23. The summed E-state index contributed by atoms with van der Waals surface area (Å²) in [6.45, 7) is 2.76. The highest BCUT2D eigenvalue weighted by Gasteiger charge is 2.34. The van der Waals surface area contributed by atoms with Crippen molar-refractivity contribution in [1.29, 1.82) is 0 Å². The van der Waals surface area contributed by atoms with Crippen molar-refractivity contribution >= 4 is 46.2 Å². The van der Waals surface area contributed by atoms with Gasteiger partial charge in [0.1, 0.15) is 15.4 Å². The van der Waals surface area contributed by atoms with E-state index in [4.69, 9.17) is 0 Å². The third-order valence-corrected chi connectivity index (χ3v) is 5.93. The molecular weight excluding hydrogens is 510 g/mol. The van der Waals surface area contributed by atoms with E-state index in [1.807, 2.05) is 6.92 Å². The fourth-order valence-electron chi connectivity index (χ4n) is 3.50. The molecule has 30 heavy (non-hydrogen) atoms. The van der Waals surface area contributed by atoms with Gasteiger partial charge in [0.05, 0.1) is 0 Å². The molecule has 1 atom stereocenters. The third-order valence-electron chi connectivity index (χ3n) is 5.05. The number of anilines is 1. The number of aliphatic imine (C=N–C) groups is 1. The Morgan fingerprint density at radius 1 is 1.33 bits per heavy atom. The summed E-state index contributed by atoms with van der Waals surface area (Å²) >= 11 is 2.08. The van der Waals surface area contributed by atoms with Gasteiger partial charge >= 0.3 is 6.18 Å². The molecule has 2 heterocycles. The van der Waals surface area contributed by atoms with Gasteiger partial charge in [-0.1, -0.05) is 35.6 Å². The standard InChI is InChI=1S/C20H25F3IN5O/c1-2-10-25-11-15(24)19(30)27-14-8-6-13(7-9-14)26-17-4-3-5-18-28-16(12-29(17)18)20(21,22)23/h3-5,11-15,26H,2,6-10H2,1H3,(H,27,30). The van der Waals surface area contributed by atoms with E-state index in [1.54, 1.807) is 24.4 Å². The molecule has 2 aromatic rings. The number of carbonyl (C=O) groups is 1. The Balaban J connectivity index is 1.55. The van der Waals surface area contributed by atoms with Crippen LogP contribution >= 0.6 is 22.6 Å². The van der Waals surface area contributed by atoms with Crippen LogP contribution in [0.5, 0.6) is 0 Å². The molecule has 0 aliphatic heterocycles. The van der Waals surface area contributed by atoms with Gasteiger partial charge < -0.3 is 10.6 Å². The number of hydrogen-bond acceptors (Lipinski definition) is 4. The number of nitrogens with one attached hydrogen (secondary N) is 2. The summed E-state index contributed by atoms with van der Waals surface area (Å²) in [6.07, 6.45) is 2.44. The van der Waals surface area contributed by atoms with Crippen LogP contribution in [0.2, 0.25) is 0 Å². The van der Waals surface area contributed by atoms with Crippen molar-refractivity contribution in [2.24, 2.45) is 4.99 Å². The number of hydrogen-bond donors (Lipinski definition) is 2. The normalized spacial score (nSPS) is 21.1. The van der Waals surface area contributed by atoms with E-state index in [9.17, 15) is 18.0 Å². The summed E-state index contributed by atoms with van der Waals surface area (Å²) in [5.41, 5.74) is -0.648. The molecule has 6 nitrogen and oxygen atoms in total. The van der Waals surface area contributed by atoms with Gasteiger partial charge in [-0.3, -0.25) is 14.2 Å². The van der Waals surface area contributed by atoms with Crippen LogP contribution in [0, 0.1) is 0 Å². The summed E-state index contributed by atoms with van der Waals surface area (Å²) in [7, 11) is 0. The molecule has 0 radical (unpaired) electrons. The molecule has 10 heteroatoms. The van der Waals surface area contributed by atoms with Crippen molar-refractivity contribution < 1.29 is 18.0 Å². The molecule has 1 aliphatic carbocycles. The van der Waals surface area contributed by atoms with Gasteiger partial charge in [0.2, 0.25) is 5.91 Å². The first-order valence-corrected chi connectivity index (χ1v) is 11.3. The summed E-state index contributed by atoms with van der Waals surface area (Å²) < 4.78 is 40.1. The third kappa shape index (κ3) is 5.86. The van der Waals surface area contributed by atoms with Crippen LogP contribution in [-0.4, -0.2) is 44.1 Å². The van der Waals surface area contributed by atoms with Gasteiger partial charge in [0.25, 0.3) is 0 Å². The number of carbonyl (C=O) groups excluding carboxylic acids is 1. The number of amides is 1. The Morgan fingerprint density at radius 3 is 2.70 bits per heavy atom. The van der Waals surface area contributed by atoms with Gasteiger partial charge in [0, 0.05) is 31.0 Å². The molecule has 1 aliphatic rings. The summed E-state index contributed by atoms with van der Waals surface area (Å²) in [5, 5.41) is 6.41. The SMILES string of the molecule is CCCN=CC(I)C(=O)NC1CCC(Nc2cccc3nc(C(F)(F)F)cn23)CC1. The number of imidazole rings is 1. The lowest BCUT2D eigenvalue weighted by Gasteiger charge is -2.30. The van der Waals surface area contributed by atoms with Gasteiger partial charge in [-0.2, -0.15) is 13.2 Å². The van der Waals surface area contributed by atoms with Crippen molar-refractivity contribution in [3.63, 3.8) is 0 Å². The minimum Gasteiger partial charge on any atom is -0.368 e. The Kier molecular flexibility index (Phi) is 7.59. The second-order valence-corrected chi connectivity index (χ2v) is 8.76. The average Bonchev–Trinajstić information content (AvgIpc) is 3.15. The first kappa shape index (κ1) is 22.8. The maximum atomic E-state index is 13.0. The van der Waals surface area contributed by atoms with Gasteiger partial charge in [0.15, 0.2) is 5.69 Å². The van der Waals surface area contributed by atoms with Crippen LogP contribution in [0.25, 0.3) is 5.65 Å². The second kappa shape index (κ2) is 9.97. The van der Waals surface area contributed by atoms with Crippen LogP contribution in [0.1, 0.15) is 44.7 Å². The maximum absolute atomic E-state index is 13.0. The zero-order valence-electron chi connectivity index (χ0n) is 16.6. The molecule has 0 bridgehead atoms. The topological polar surface area (TPSA) is 70.8 Å². The Hall–Kier alpha value is -1.85. The lowest BCUT2D eigenvalue weighted by molar-refractivity contribution is -0.140. The van der Waals surface area contributed by atoms with Crippen LogP contribution < -0.4 is 10.6 Å². The average molecular weight is 535 g/mol. The van der Waals surface area contributed by atoms with Crippen molar-refractivity contribution in [1.82, 2.24) is 14.7 Å². The van der Waals surface area contributed by atoms with E-state index in [0.717, 1.165) is 44.8 Å². The predicted octanol–water partition coefficient (Wildman–Crippen LogP) is 4.48. The molecule has 164 valence electrons. The zero-order chi connectivity index (χ0) is 21.7. The van der Waals surface area contributed by atoms with E-state index in [1.165, 1.54) is 4.40 Å². The minimum atomic E-state index is -4.47. The number of halogens is 4. The Morgan fingerprint density at radius 2 is 2.03 bits per heavy atom. The molecule has 2 N–H and O–H groups in total. The van der Waals surface area contributed by atoms with Crippen LogP contribution in [0.4, 0.5) is 19.0 Å². The van der Waals surface area contributed by atoms with Crippen molar-refractivity contribution in [3.8, 4) is 0 Å². The molecule has 2 aromatic heterocycles. The number of fused-ring (bicyclic) bond motifs is 1. The molecule has 1 saturated carbocycles. The Labute approximate surface area is 186 Å². The smallest absolute Gasteiger partial charge is 0.368 e. The molecular formula is C20H25F3IN5O. The van der Waals surface area contributed by atoms with E-state index in [-0.39, 0.29) is 27.6 Å². The first-order valence-electron chi connectivity index (χ1n) is 10.0. The molecule has 3 rings (SSSR count). The van der Waals surface area contributed by atoms with Crippen LogP contribution in [0.15, 0.2) is 29.4 Å². The molecule has 0 saturated heterocycles. The van der Waals surface area contributed by atoms with Crippen LogP contribution in [-0.2, 0) is 11.0 Å². The highest BCUT2D eigenvalue weighted by atomic mass is 127. The predicted molar refractivity (Wildman–Crippen MR) is 119 cm³/mol. The lowest BCUT2D eigenvalue weighted by atomic mass is 9.91. The Bertz CT molecular complexity index is 890. The van der Waals surface area contributed by atoms with E-state index in [0.29, 0.717) is 5.82 Å². The molecule has 1 unspecified atom stereocenters. The lowest BCUT2D eigenvalue weighted by Crippen LogP contribution is -2.43. The van der Waals surface area contributed by atoms with E-state index < -0.39 is 11.9 Å². The molecule has 1 amide bonds. The minimum absolute atomic E-state index is 0.0327. The largest absolute Gasteiger partial charge is 0.434 e. The van der Waals surface area contributed by atoms with E-state index >= 15 is 0 Å². The van der Waals surface area contributed by atoms with Crippen molar-refractivity contribution in [2.75, 3.05) is 11.9 Å². The fourth-order valence-corrected chi connectivity index (χ4v) is 3.91. The summed E-state index contributed by atoms with van der Waals surface area (Å²) in [4.78, 5) is 20.2. The van der Waals surface area contributed by atoms with Crippen molar-refractivity contribution in [2.45, 2.75) is 61.2 Å². The molecule has 1 fully saturated rings.